The van der Waals surface area contributed by atoms with Gasteiger partial charge in [-0.15, -0.1) is 6.58 Å². The van der Waals surface area contributed by atoms with E-state index in [-0.39, 0.29) is 11.5 Å². The second kappa shape index (κ2) is 8.69. The van der Waals surface area contributed by atoms with E-state index >= 15 is 0 Å². The number of rotatable bonds is 8. The first-order valence-corrected chi connectivity index (χ1v) is 10.4. The molecule has 0 spiro atoms. The highest BCUT2D eigenvalue weighted by Crippen LogP contribution is 2.29. The Kier molecular flexibility index (Phi) is 7.58. The van der Waals surface area contributed by atoms with Crippen LogP contribution in [-0.2, 0) is 21.8 Å². The Balaban J connectivity index is 2.56. The van der Waals surface area contributed by atoms with Crippen LogP contribution < -0.4 is 0 Å². The summed E-state index contributed by atoms with van der Waals surface area (Å²) in [4.78, 5) is 0. The first-order valence-electron chi connectivity index (χ1n) is 6.15. The number of halogens is 3. The second-order valence-electron chi connectivity index (χ2n) is 4.29. The summed E-state index contributed by atoms with van der Waals surface area (Å²) in [5.41, 5.74) is -0.445. The maximum Gasteiger partial charge on any atom is 0.416 e. The summed E-state index contributed by atoms with van der Waals surface area (Å²) in [7, 11) is -0.459. The van der Waals surface area contributed by atoms with Gasteiger partial charge in [0.05, 0.1) is 17.1 Å². The van der Waals surface area contributed by atoms with Crippen LogP contribution in [-0.4, -0.2) is 19.9 Å². The molecule has 0 atom stereocenters. The van der Waals surface area contributed by atoms with Gasteiger partial charge in [0.2, 0.25) is 0 Å². The third-order valence-electron chi connectivity index (χ3n) is 2.42. The number of hydrogen-bond donors (Lipinski definition) is 0. The van der Waals surface area contributed by atoms with E-state index in [1.165, 1.54) is 39.8 Å². The van der Waals surface area contributed by atoms with Crippen molar-refractivity contribution in [1.82, 2.24) is 0 Å². The van der Waals surface area contributed by atoms with Crippen LogP contribution in [0.15, 0.2) is 48.4 Å². The summed E-state index contributed by atoms with van der Waals surface area (Å²) in [6.07, 6.45) is -1.15. The minimum Gasteiger partial charge on any atom is -0.228 e. The minimum absolute atomic E-state index is 0.143. The molecule has 0 saturated carbocycles. The van der Waals surface area contributed by atoms with E-state index in [0.717, 1.165) is 17.9 Å². The fourth-order valence-electron chi connectivity index (χ4n) is 1.45. The van der Waals surface area contributed by atoms with Gasteiger partial charge in [-0.1, -0.05) is 45.9 Å². The molecule has 0 bridgehead atoms. The first kappa shape index (κ1) is 19.2. The zero-order chi connectivity index (χ0) is 16.6. The van der Waals surface area contributed by atoms with Crippen molar-refractivity contribution in [1.29, 1.82) is 0 Å². The second-order valence-corrected chi connectivity index (χ2v) is 8.72. The van der Waals surface area contributed by atoms with Crippen LogP contribution in [0.5, 0.6) is 0 Å². The first-order chi connectivity index (χ1) is 10.2. The number of alkyl halides is 3. The van der Waals surface area contributed by atoms with Gasteiger partial charge in [-0.05, 0) is 23.1 Å². The van der Waals surface area contributed by atoms with Crippen molar-refractivity contribution >= 4 is 31.4 Å². The Morgan fingerprint density at radius 3 is 2.36 bits per heavy atom. The number of sulfone groups is 1. The van der Waals surface area contributed by atoms with Crippen molar-refractivity contribution in [3.63, 3.8) is 0 Å². The maximum absolute atomic E-state index is 12.4. The Morgan fingerprint density at radius 2 is 1.82 bits per heavy atom. The van der Waals surface area contributed by atoms with E-state index in [2.05, 4.69) is 6.58 Å². The zero-order valence-corrected chi connectivity index (χ0v) is 14.0. The van der Waals surface area contributed by atoms with E-state index in [9.17, 15) is 21.6 Å². The van der Waals surface area contributed by atoms with Gasteiger partial charge in [-0.3, -0.25) is 0 Å². The van der Waals surface area contributed by atoms with E-state index in [1.54, 1.807) is 11.5 Å². The molecule has 0 unspecified atom stereocenters. The Labute approximate surface area is 136 Å². The van der Waals surface area contributed by atoms with Crippen molar-refractivity contribution in [2.45, 2.75) is 11.9 Å². The van der Waals surface area contributed by atoms with Crippen LogP contribution in [0, 0.1) is 0 Å². The van der Waals surface area contributed by atoms with E-state index in [1.807, 2.05) is 0 Å². The summed E-state index contributed by atoms with van der Waals surface area (Å²) in [6.45, 7) is 3.56. The van der Waals surface area contributed by atoms with Gasteiger partial charge in [-0.2, -0.15) is 13.2 Å². The summed E-state index contributed by atoms with van der Waals surface area (Å²) < 4.78 is 61.0. The molecule has 1 aromatic rings. The number of hydrogen-bond acceptors (Lipinski definition) is 4. The van der Waals surface area contributed by atoms with Crippen LogP contribution in [0.2, 0.25) is 0 Å². The zero-order valence-electron chi connectivity index (χ0n) is 11.5. The summed E-state index contributed by atoms with van der Waals surface area (Å²) in [5, 5.41) is 1.68. The lowest BCUT2D eigenvalue weighted by molar-refractivity contribution is -0.137. The highest BCUT2D eigenvalue weighted by atomic mass is 33.1. The average Bonchev–Trinajstić information content (AvgIpc) is 2.42. The van der Waals surface area contributed by atoms with Crippen LogP contribution in [0.3, 0.4) is 0 Å². The molecule has 8 heteroatoms. The molecular weight excluding hydrogens is 353 g/mol. The predicted molar refractivity (Wildman–Crippen MR) is 88.3 cm³/mol. The van der Waals surface area contributed by atoms with Gasteiger partial charge in [0, 0.05) is 5.75 Å². The van der Waals surface area contributed by atoms with Crippen LogP contribution in [0.4, 0.5) is 13.2 Å². The van der Waals surface area contributed by atoms with Gasteiger partial charge in [0.25, 0.3) is 0 Å². The van der Waals surface area contributed by atoms with Crippen molar-refractivity contribution in [2.24, 2.45) is 0 Å². The standard InChI is InChI=1S/C14H15F3O2S3/c1-2-8-20-21-9-3-10-22(18,19)11-12-4-6-13(7-5-12)14(15,16)17/h2-7,9H,1,8,10-11H2/b9-3+. The van der Waals surface area contributed by atoms with Gasteiger partial charge in [-0.25, -0.2) is 8.42 Å². The fraction of sp³-hybridized carbons (Fsp3) is 0.286. The monoisotopic (exact) mass is 368 g/mol. The molecule has 22 heavy (non-hydrogen) atoms. The van der Waals surface area contributed by atoms with Crippen molar-refractivity contribution in [2.75, 3.05) is 11.5 Å². The quantitative estimate of drug-likeness (QED) is 0.378. The van der Waals surface area contributed by atoms with Gasteiger partial charge in [0.1, 0.15) is 0 Å². The molecule has 0 heterocycles. The highest BCUT2D eigenvalue weighted by Gasteiger charge is 2.30. The lowest BCUT2D eigenvalue weighted by Gasteiger charge is -2.07. The lowest BCUT2D eigenvalue weighted by atomic mass is 10.1. The van der Waals surface area contributed by atoms with Crippen molar-refractivity contribution in [3.05, 3.63) is 59.5 Å². The smallest absolute Gasteiger partial charge is 0.228 e. The van der Waals surface area contributed by atoms with Crippen LogP contribution in [0.25, 0.3) is 0 Å². The predicted octanol–water partition coefficient (Wildman–Crippen LogP) is 4.70. The van der Waals surface area contributed by atoms with Crippen LogP contribution in [0.1, 0.15) is 11.1 Å². The molecule has 0 aliphatic rings. The van der Waals surface area contributed by atoms with E-state index < -0.39 is 21.6 Å². The minimum atomic E-state index is -4.42. The molecule has 0 N–H and O–H groups in total. The molecule has 2 nitrogen and oxygen atoms in total. The van der Waals surface area contributed by atoms with Gasteiger partial charge < -0.3 is 0 Å². The molecule has 0 aliphatic carbocycles. The summed E-state index contributed by atoms with van der Waals surface area (Å²) >= 11 is 0. The Morgan fingerprint density at radius 1 is 1.18 bits per heavy atom. The molecule has 1 aromatic carbocycles. The number of benzene rings is 1. The Hall–Kier alpha value is -0.860. The van der Waals surface area contributed by atoms with Gasteiger partial charge >= 0.3 is 6.18 Å². The van der Waals surface area contributed by atoms with Crippen LogP contribution >= 0.6 is 21.6 Å². The Bertz CT molecular complexity index is 605. The average molecular weight is 368 g/mol. The molecule has 122 valence electrons. The highest BCUT2D eigenvalue weighted by molar-refractivity contribution is 8.77. The molecule has 0 fully saturated rings. The summed E-state index contributed by atoms with van der Waals surface area (Å²) in [6, 6.07) is 4.17. The molecule has 0 aliphatic heterocycles. The third-order valence-corrected chi connectivity index (χ3v) is 5.86. The lowest BCUT2D eigenvalue weighted by Crippen LogP contribution is -2.08. The van der Waals surface area contributed by atoms with Crippen molar-refractivity contribution < 1.29 is 21.6 Å². The normalized spacial score (nSPS) is 12.7. The fourth-order valence-corrected chi connectivity index (χ4v) is 4.21. The van der Waals surface area contributed by atoms with E-state index in [0.29, 0.717) is 5.56 Å². The topological polar surface area (TPSA) is 34.1 Å². The molecule has 0 aromatic heterocycles. The molecular formula is C14H15F3O2S3. The maximum atomic E-state index is 12.4. The largest absolute Gasteiger partial charge is 0.416 e. The molecule has 0 radical (unpaired) electrons. The molecule has 0 saturated heterocycles. The third kappa shape index (κ3) is 7.42. The van der Waals surface area contributed by atoms with E-state index in [4.69, 9.17) is 0 Å². The van der Waals surface area contributed by atoms with Gasteiger partial charge in [0.15, 0.2) is 9.84 Å². The molecule has 1 rings (SSSR count). The SMILES string of the molecule is C=CCSS/C=C/CS(=O)(=O)Cc1ccc(C(F)(F)F)cc1. The molecule has 0 amide bonds. The summed E-state index contributed by atoms with van der Waals surface area (Å²) in [5.74, 6) is 0.336. The van der Waals surface area contributed by atoms with Crippen molar-refractivity contribution in [3.8, 4) is 0 Å².